The Morgan fingerprint density at radius 3 is 2.50 bits per heavy atom. The summed E-state index contributed by atoms with van der Waals surface area (Å²) in [5.74, 6) is -0.162. The standard InChI is InChI=1S/C23H13Cl3O4/c1-12-19(30-23(28)15-4-2-3-5-17(15)25)9-8-16-21(27)20(29-22(12)16)10-13-6-7-14(24)11-18(13)26/h2-11H,1H3/b20-10-. The SMILES string of the molecule is Cc1c(OC(=O)c2ccccc2Cl)ccc2c1O/C(=C\c1ccc(Cl)cc1Cl)C2=O. The molecule has 0 aliphatic carbocycles. The Hall–Kier alpha value is -2.79. The van der Waals surface area contributed by atoms with Crippen molar-refractivity contribution in [3.05, 3.63) is 97.7 Å². The fourth-order valence-corrected chi connectivity index (χ4v) is 3.70. The van der Waals surface area contributed by atoms with E-state index in [0.29, 0.717) is 32.5 Å². The van der Waals surface area contributed by atoms with Crippen LogP contribution in [0.1, 0.15) is 31.8 Å². The number of carbonyl (C=O) groups excluding carboxylic acids is 2. The molecule has 0 saturated heterocycles. The molecule has 1 aliphatic rings. The second kappa shape index (κ2) is 8.15. The molecule has 0 saturated carbocycles. The van der Waals surface area contributed by atoms with Gasteiger partial charge < -0.3 is 9.47 Å². The van der Waals surface area contributed by atoms with Gasteiger partial charge in [-0.2, -0.15) is 0 Å². The average molecular weight is 460 g/mol. The van der Waals surface area contributed by atoms with E-state index in [0.717, 1.165) is 0 Å². The number of hydrogen-bond donors (Lipinski definition) is 0. The molecule has 7 heteroatoms. The molecule has 4 nitrogen and oxygen atoms in total. The maximum absolute atomic E-state index is 12.7. The van der Waals surface area contributed by atoms with Gasteiger partial charge in [0.05, 0.1) is 16.1 Å². The number of allylic oxidation sites excluding steroid dienone is 1. The summed E-state index contributed by atoms with van der Waals surface area (Å²) in [4.78, 5) is 25.2. The zero-order valence-electron chi connectivity index (χ0n) is 15.5. The van der Waals surface area contributed by atoms with Crippen LogP contribution in [-0.4, -0.2) is 11.8 Å². The van der Waals surface area contributed by atoms with Gasteiger partial charge in [-0.25, -0.2) is 4.79 Å². The first-order valence-electron chi connectivity index (χ1n) is 8.85. The Labute approximate surface area is 187 Å². The molecule has 0 spiro atoms. The number of esters is 1. The number of ether oxygens (including phenoxy) is 2. The molecule has 30 heavy (non-hydrogen) atoms. The zero-order valence-corrected chi connectivity index (χ0v) is 17.8. The molecule has 0 atom stereocenters. The largest absolute Gasteiger partial charge is 0.452 e. The Bertz CT molecular complexity index is 1230. The monoisotopic (exact) mass is 458 g/mol. The van der Waals surface area contributed by atoms with Crippen molar-refractivity contribution in [3.63, 3.8) is 0 Å². The molecule has 4 rings (SSSR count). The normalized spacial score (nSPS) is 13.9. The first-order chi connectivity index (χ1) is 14.3. The molecule has 0 fully saturated rings. The number of carbonyl (C=O) groups is 2. The minimum absolute atomic E-state index is 0.118. The minimum Gasteiger partial charge on any atom is -0.452 e. The number of Topliss-reactive ketones (excluding diaryl/α,β-unsaturated/α-hetero) is 1. The highest BCUT2D eigenvalue weighted by molar-refractivity contribution is 6.35. The van der Waals surface area contributed by atoms with Crippen LogP contribution >= 0.6 is 34.8 Å². The van der Waals surface area contributed by atoms with Gasteiger partial charge in [-0.15, -0.1) is 0 Å². The van der Waals surface area contributed by atoms with Crippen LogP contribution in [-0.2, 0) is 0 Å². The number of rotatable bonds is 3. The van der Waals surface area contributed by atoms with Crippen molar-refractivity contribution in [3.8, 4) is 11.5 Å². The predicted molar refractivity (Wildman–Crippen MR) is 117 cm³/mol. The van der Waals surface area contributed by atoms with E-state index in [1.54, 1.807) is 67.6 Å². The zero-order chi connectivity index (χ0) is 21.4. The van der Waals surface area contributed by atoms with Crippen molar-refractivity contribution in [1.29, 1.82) is 0 Å². The van der Waals surface area contributed by atoms with Crippen molar-refractivity contribution in [2.24, 2.45) is 0 Å². The van der Waals surface area contributed by atoms with E-state index in [1.165, 1.54) is 0 Å². The van der Waals surface area contributed by atoms with Gasteiger partial charge in [0, 0.05) is 15.6 Å². The van der Waals surface area contributed by atoms with Crippen LogP contribution in [0.5, 0.6) is 11.5 Å². The number of fused-ring (bicyclic) bond motifs is 1. The van der Waals surface area contributed by atoms with Gasteiger partial charge >= 0.3 is 5.97 Å². The van der Waals surface area contributed by atoms with Crippen LogP contribution in [0.2, 0.25) is 15.1 Å². The summed E-state index contributed by atoms with van der Waals surface area (Å²) >= 11 is 18.2. The smallest absolute Gasteiger partial charge is 0.345 e. The van der Waals surface area contributed by atoms with E-state index in [4.69, 9.17) is 44.3 Å². The molecule has 0 amide bonds. The van der Waals surface area contributed by atoms with Crippen LogP contribution in [0.3, 0.4) is 0 Å². The van der Waals surface area contributed by atoms with Crippen molar-refractivity contribution in [1.82, 2.24) is 0 Å². The van der Waals surface area contributed by atoms with Crippen molar-refractivity contribution in [2.75, 3.05) is 0 Å². The van der Waals surface area contributed by atoms with Crippen LogP contribution in [0, 0.1) is 6.92 Å². The van der Waals surface area contributed by atoms with Gasteiger partial charge in [0.25, 0.3) is 0 Å². The molecule has 150 valence electrons. The molecule has 0 N–H and O–H groups in total. The summed E-state index contributed by atoms with van der Waals surface area (Å²) in [6.45, 7) is 1.71. The summed E-state index contributed by atoms with van der Waals surface area (Å²) in [7, 11) is 0. The van der Waals surface area contributed by atoms with Gasteiger partial charge in [-0.3, -0.25) is 4.79 Å². The van der Waals surface area contributed by atoms with E-state index in [9.17, 15) is 9.59 Å². The molecule has 1 heterocycles. The van der Waals surface area contributed by atoms with Crippen molar-refractivity contribution in [2.45, 2.75) is 6.92 Å². The lowest BCUT2D eigenvalue weighted by Gasteiger charge is -2.10. The van der Waals surface area contributed by atoms with Gasteiger partial charge in [0.1, 0.15) is 11.5 Å². The second-order valence-electron chi connectivity index (χ2n) is 6.54. The van der Waals surface area contributed by atoms with E-state index in [2.05, 4.69) is 0 Å². The van der Waals surface area contributed by atoms with Crippen LogP contribution < -0.4 is 9.47 Å². The highest BCUT2D eigenvalue weighted by Gasteiger charge is 2.31. The second-order valence-corrected chi connectivity index (χ2v) is 7.79. The quantitative estimate of drug-likeness (QED) is 0.246. The van der Waals surface area contributed by atoms with Crippen LogP contribution in [0.25, 0.3) is 6.08 Å². The number of hydrogen-bond acceptors (Lipinski definition) is 4. The number of ketones is 1. The summed E-state index contributed by atoms with van der Waals surface area (Å²) in [6.07, 6.45) is 1.55. The van der Waals surface area contributed by atoms with Crippen molar-refractivity contribution < 1.29 is 19.1 Å². The Kier molecular flexibility index (Phi) is 5.56. The Morgan fingerprint density at radius 1 is 1.00 bits per heavy atom. The third-order valence-corrected chi connectivity index (χ3v) is 5.47. The van der Waals surface area contributed by atoms with E-state index in [-0.39, 0.29) is 27.9 Å². The fourth-order valence-electron chi connectivity index (χ4n) is 3.02. The Balaban J connectivity index is 1.64. The molecule has 0 bridgehead atoms. The predicted octanol–water partition coefficient (Wildman–Crippen LogP) is 6.79. The lowest BCUT2D eigenvalue weighted by molar-refractivity contribution is 0.0733. The first kappa shape index (κ1) is 20.5. The summed E-state index contributed by atoms with van der Waals surface area (Å²) < 4.78 is 11.3. The van der Waals surface area contributed by atoms with E-state index >= 15 is 0 Å². The average Bonchev–Trinajstić information content (AvgIpc) is 3.03. The number of halogens is 3. The van der Waals surface area contributed by atoms with E-state index in [1.807, 2.05) is 0 Å². The summed E-state index contributed by atoms with van der Waals surface area (Å²) in [6, 6.07) is 14.7. The Morgan fingerprint density at radius 2 is 1.77 bits per heavy atom. The maximum atomic E-state index is 12.7. The highest BCUT2D eigenvalue weighted by Crippen LogP contribution is 2.40. The lowest BCUT2D eigenvalue weighted by Crippen LogP contribution is -2.10. The highest BCUT2D eigenvalue weighted by atomic mass is 35.5. The fraction of sp³-hybridized carbons (Fsp3) is 0.0435. The van der Waals surface area contributed by atoms with Crippen molar-refractivity contribution >= 4 is 52.6 Å². The first-order valence-corrected chi connectivity index (χ1v) is 9.98. The van der Waals surface area contributed by atoms with Gasteiger partial charge in [0.2, 0.25) is 5.78 Å². The van der Waals surface area contributed by atoms with Crippen LogP contribution in [0.15, 0.2) is 60.4 Å². The summed E-state index contributed by atoms with van der Waals surface area (Å²) in [5, 5.41) is 1.18. The molecule has 0 aromatic heterocycles. The molecule has 0 unspecified atom stereocenters. The summed E-state index contributed by atoms with van der Waals surface area (Å²) in [5.41, 5.74) is 1.74. The maximum Gasteiger partial charge on any atom is 0.345 e. The molecule has 3 aromatic rings. The molecule has 1 aliphatic heterocycles. The third-order valence-electron chi connectivity index (χ3n) is 4.58. The number of benzene rings is 3. The van der Waals surface area contributed by atoms with Gasteiger partial charge in [0.15, 0.2) is 5.76 Å². The molecule has 0 radical (unpaired) electrons. The van der Waals surface area contributed by atoms with Gasteiger partial charge in [-0.05, 0) is 55.0 Å². The lowest BCUT2D eigenvalue weighted by atomic mass is 10.1. The van der Waals surface area contributed by atoms with Gasteiger partial charge in [-0.1, -0.05) is 53.0 Å². The van der Waals surface area contributed by atoms with E-state index < -0.39 is 5.97 Å². The topological polar surface area (TPSA) is 52.6 Å². The molecular weight excluding hydrogens is 447 g/mol. The third kappa shape index (κ3) is 3.82. The molecular formula is C23H13Cl3O4. The molecule has 3 aromatic carbocycles. The minimum atomic E-state index is -0.600. The van der Waals surface area contributed by atoms with Crippen LogP contribution in [0.4, 0.5) is 0 Å².